The number of nitrogens with zero attached hydrogens (tertiary/aromatic N) is 2. The Morgan fingerprint density at radius 2 is 2.10 bits per heavy atom. The van der Waals surface area contributed by atoms with Crippen molar-refractivity contribution in [1.82, 2.24) is 20.4 Å². The molecule has 0 bridgehead atoms. The number of hydrogen-bond acceptors (Lipinski definition) is 4. The highest BCUT2D eigenvalue weighted by Crippen LogP contribution is 2.15. The van der Waals surface area contributed by atoms with Crippen LogP contribution in [0.15, 0.2) is 41.8 Å². The number of aryl methyl sites for hydroxylation is 1. The van der Waals surface area contributed by atoms with Gasteiger partial charge < -0.3 is 4.57 Å². The molecule has 0 fully saturated rings. The fourth-order valence-electron chi connectivity index (χ4n) is 1.50. The number of nitrogens with one attached hydrogen (secondary N) is 2. The first-order valence-corrected chi connectivity index (χ1v) is 7.38. The molecule has 0 radical (unpaired) electrons. The summed E-state index contributed by atoms with van der Waals surface area (Å²) in [6, 6.07) is 6.60. The molecule has 2 aromatic rings. The van der Waals surface area contributed by atoms with Gasteiger partial charge in [0.25, 0.3) is 5.91 Å². The standard InChI is InChI=1S/C13H13ClN4O2S/c1-18-7-6-15-13(18)21-8-11(19)16-17-12(20)9-4-2-3-5-10(9)14/h2-7H,8H2,1H3,(H,16,19)(H,17,20). The van der Waals surface area contributed by atoms with E-state index in [1.54, 1.807) is 41.2 Å². The van der Waals surface area contributed by atoms with Crippen molar-refractivity contribution < 1.29 is 9.59 Å². The van der Waals surface area contributed by atoms with Gasteiger partial charge in [0.1, 0.15) is 0 Å². The molecule has 0 spiro atoms. The van der Waals surface area contributed by atoms with Crippen molar-refractivity contribution in [1.29, 1.82) is 0 Å². The van der Waals surface area contributed by atoms with Crippen LogP contribution in [0.2, 0.25) is 5.02 Å². The Morgan fingerprint density at radius 3 is 2.76 bits per heavy atom. The van der Waals surface area contributed by atoms with Gasteiger partial charge in [-0.2, -0.15) is 0 Å². The van der Waals surface area contributed by atoms with Gasteiger partial charge in [0.15, 0.2) is 5.16 Å². The van der Waals surface area contributed by atoms with Crippen molar-refractivity contribution in [3.63, 3.8) is 0 Å². The van der Waals surface area contributed by atoms with E-state index in [1.165, 1.54) is 11.8 Å². The van der Waals surface area contributed by atoms with Crippen molar-refractivity contribution in [3.8, 4) is 0 Å². The first-order chi connectivity index (χ1) is 10.1. The Balaban J connectivity index is 1.80. The van der Waals surface area contributed by atoms with Crippen LogP contribution >= 0.6 is 23.4 Å². The van der Waals surface area contributed by atoms with E-state index in [0.29, 0.717) is 10.6 Å². The zero-order valence-corrected chi connectivity index (χ0v) is 12.7. The first kappa shape index (κ1) is 15.4. The minimum Gasteiger partial charge on any atom is -0.329 e. The Bertz CT molecular complexity index is 659. The Kier molecular flexibility index (Phi) is 5.24. The van der Waals surface area contributed by atoms with Crippen molar-refractivity contribution >= 4 is 35.2 Å². The van der Waals surface area contributed by atoms with Crippen LogP contribution in [-0.4, -0.2) is 27.1 Å². The molecule has 0 saturated heterocycles. The fraction of sp³-hybridized carbons (Fsp3) is 0.154. The van der Waals surface area contributed by atoms with E-state index >= 15 is 0 Å². The normalized spacial score (nSPS) is 10.2. The summed E-state index contributed by atoms with van der Waals surface area (Å²) >= 11 is 7.17. The predicted molar refractivity (Wildman–Crippen MR) is 81.0 cm³/mol. The summed E-state index contributed by atoms with van der Waals surface area (Å²) in [4.78, 5) is 27.6. The molecule has 1 aromatic heterocycles. The molecular formula is C13H13ClN4O2S. The summed E-state index contributed by atoms with van der Waals surface area (Å²) in [7, 11) is 1.84. The van der Waals surface area contributed by atoms with Crippen LogP contribution in [-0.2, 0) is 11.8 Å². The lowest BCUT2D eigenvalue weighted by atomic mass is 10.2. The van der Waals surface area contributed by atoms with Crippen LogP contribution in [0, 0.1) is 0 Å². The van der Waals surface area contributed by atoms with E-state index in [0.717, 1.165) is 5.16 Å². The highest BCUT2D eigenvalue weighted by atomic mass is 35.5. The number of benzene rings is 1. The van der Waals surface area contributed by atoms with E-state index in [4.69, 9.17) is 11.6 Å². The number of carbonyl (C=O) groups excluding carboxylic acids is 2. The lowest BCUT2D eigenvalue weighted by Gasteiger charge is -2.08. The van der Waals surface area contributed by atoms with Gasteiger partial charge in [0.05, 0.1) is 16.3 Å². The first-order valence-electron chi connectivity index (χ1n) is 6.02. The number of rotatable bonds is 4. The lowest BCUT2D eigenvalue weighted by molar-refractivity contribution is -0.119. The molecule has 0 unspecified atom stereocenters. The quantitative estimate of drug-likeness (QED) is 0.662. The second-order valence-electron chi connectivity index (χ2n) is 4.09. The zero-order chi connectivity index (χ0) is 15.2. The molecule has 1 heterocycles. The molecule has 110 valence electrons. The van der Waals surface area contributed by atoms with Crippen LogP contribution < -0.4 is 10.9 Å². The molecule has 8 heteroatoms. The second kappa shape index (κ2) is 7.14. The summed E-state index contributed by atoms with van der Waals surface area (Å²) in [5.41, 5.74) is 4.96. The van der Waals surface area contributed by atoms with Crippen molar-refractivity contribution in [2.24, 2.45) is 7.05 Å². The van der Waals surface area contributed by atoms with E-state index in [1.807, 2.05) is 7.05 Å². The van der Waals surface area contributed by atoms with Crippen LogP contribution in [0.1, 0.15) is 10.4 Å². The second-order valence-corrected chi connectivity index (χ2v) is 5.44. The summed E-state index contributed by atoms with van der Waals surface area (Å²) in [5, 5.41) is 1.05. The van der Waals surface area contributed by atoms with Gasteiger partial charge in [-0.3, -0.25) is 20.4 Å². The Labute approximate surface area is 130 Å². The van der Waals surface area contributed by atoms with E-state index in [2.05, 4.69) is 15.8 Å². The third-order valence-corrected chi connectivity index (χ3v) is 3.93. The van der Waals surface area contributed by atoms with Crippen LogP contribution in [0.4, 0.5) is 0 Å². The third kappa shape index (κ3) is 4.24. The number of hydrogen-bond donors (Lipinski definition) is 2. The highest BCUT2D eigenvalue weighted by molar-refractivity contribution is 7.99. The van der Waals surface area contributed by atoms with Crippen LogP contribution in [0.25, 0.3) is 0 Å². The molecule has 0 aliphatic heterocycles. The van der Waals surface area contributed by atoms with Gasteiger partial charge >= 0.3 is 0 Å². The minimum absolute atomic E-state index is 0.146. The highest BCUT2D eigenvalue weighted by Gasteiger charge is 2.11. The number of thioether (sulfide) groups is 1. The largest absolute Gasteiger partial charge is 0.329 e. The molecule has 6 nitrogen and oxygen atoms in total. The summed E-state index contributed by atoms with van der Waals surface area (Å²) in [5.74, 6) is -0.646. The maximum Gasteiger partial charge on any atom is 0.271 e. The number of carbonyl (C=O) groups is 2. The van der Waals surface area contributed by atoms with Gasteiger partial charge in [-0.25, -0.2) is 4.98 Å². The van der Waals surface area contributed by atoms with Gasteiger partial charge in [-0.05, 0) is 12.1 Å². The average Bonchev–Trinajstić information content (AvgIpc) is 2.88. The number of aromatic nitrogens is 2. The molecule has 0 atom stereocenters. The average molecular weight is 325 g/mol. The van der Waals surface area contributed by atoms with E-state index in [9.17, 15) is 9.59 Å². The maximum absolute atomic E-state index is 11.8. The number of imidazole rings is 1. The number of hydrazine groups is 1. The smallest absolute Gasteiger partial charge is 0.271 e. The van der Waals surface area contributed by atoms with Crippen molar-refractivity contribution in [3.05, 3.63) is 47.2 Å². The summed E-state index contributed by atoms with van der Waals surface area (Å²) in [6.07, 6.45) is 3.44. The molecule has 2 amide bonds. The molecule has 0 aliphatic rings. The SMILES string of the molecule is Cn1ccnc1SCC(=O)NNC(=O)c1ccccc1Cl. The van der Waals surface area contributed by atoms with Gasteiger partial charge in [-0.1, -0.05) is 35.5 Å². The minimum atomic E-state index is -0.462. The van der Waals surface area contributed by atoms with Crippen LogP contribution in [0.3, 0.4) is 0 Å². The molecule has 0 saturated carbocycles. The Morgan fingerprint density at radius 1 is 1.33 bits per heavy atom. The maximum atomic E-state index is 11.8. The molecule has 2 rings (SSSR count). The van der Waals surface area contributed by atoms with Gasteiger partial charge in [0.2, 0.25) is 5.91 Å². The van der Waals surface area contributed by atoms with Crippen molar-refractivity contribution in [2.75, 3.05) is 5.75 Å². The van der Waals surface area contributed by atoms with Crippen molar-refractivity contribution in [2.45, 2.75) is 5.16 Å². The molecule has 0 aliphatic carbocycles. The molecule has 1 aromatic carbocycles. The number of halogens is 1. The summed E-state index contributed by atoms with van der Waals surface area (Å²) < 4.78 is 1.81. The van der Waals surface area contributed by atoms with Gasteiger partial charge in [-0.15, -0.1) is 0 Å². The zero-order valence-electron chi connectivity index (χ0n) is 11.2. The molecule has 2 N–H and O–H groups in total. The van der Waals surface area contributed by atoms with E-state index in [-0.39, 0.29) is 11.7 Å². The molecule has 21 heavy (non-hydrogen) atoms. The number of amides is 2. The van der Waals surface area contributed by atoms with Crippen LogP contribution in [0.5, 0.6) is 0 Å². The topological polar surface area (TPSA) is 76.0 Å². The van der Waals surface area contributed by atoms with Gasteiger partial charge in [0, 0.05) is 19.4 Å². The molecular weight excluding hydrogens is 312 g/mol. The monoisotopic (exact) mass is 324 g/mol. The van der Waals surface area contributed by atoms with E-state index < -0.39 is 5.91 Å². The Hall–Kier alpha value is -1.99. The summed E-state index contributed by atoms with van der Waals surface area (Å²) in [6.45, 7) is 0. The lowest BCUT2D eigenvalue weighted by Crippen LogP contribution is -2.42. The third-order valence-electron chi connectivity index (χ3n) is 2.54. The predicted octanol–water partition coefficient (Wildman–Crippen LogP) is 1.63. The fourth-order valence-corrected chi connectivity index (χ4v) is 2.45.